The van der Waals surface area contributed by atoms with Crippen LogP contribution in [0.2, 0.25) is 0 Å². The molecule has 0 unspecified atom stereocenters. The molecule has 4 aliphatic rings. The van der Waals surface area contributed by atoms with Crippen molar-refractivity contribution >= 4 is 35.2 Å². The maximum atomic E-state index is 5.08. The van der Waals surface area contributed by atoms with Gasteiger partial charge in [0.15, 0.2) is 0 Å². The van der Waals surface area contributed by atoms with Crippen LogP contribution in [0.1, 0.15) is 78.3 Å². The highest BCUT2D eigenvalue weighted by Crippen LogP contribution is 2.37. The zero-order chi connectivity index (χ0) is 32.8. The van der Waals surface area contributed by atoms with Gasteiger partial charge >= 0.3 is 0 Å². The Labute approximate surface area is 292 Å². The molecule has 252 valence electrons. The van der Waals surface area contributed by atoms with E-state index in [1.807, 2.05) is 0 Å². The number of hydrazone groups is 2. The first-order chi connectivity index (χ1) is 24.3. The van der Waals surface area contributed by atoms with Gasteiger partial charge in [-0.1, -0.05) is 36.4 Å². The molecule has 0 spiro atoms. The number of anilines is 4. The maximum absolute atomic E-state index is 5.08. The van der Waals surface area contributed by atoms with Gasteiger partial charge in [-0.25, -0.2) is 0 Å². The second kappa shape index (κ2) is 14.9. The van der Waals surface area contributed by atoms with Gasteiger partial charge in [-0.3, -0.25) is 10.0 Å². The van der Waals surface area contributed by atoms with Crippen LogP contribution >= 0.6 is 0 Å². The zero-order valence-electron chi connectivity index (χ0n) is 28.9. The smallest absolute Gasteiger partial charge is 0.0593 e. The Hall–Kier alpha value is -4.58. The van der Waals surface area contributed by atoms with E-state index in [4.69, 9.17) is 10.2 Å². The van der Waals surface area contributed by atoms with Crippen LogP contribution in [0.15, 0.2) is 95.1 Å². The maximum Gasteiger partial charge on any atom is 0.0593 e. The Morgan fingerprint density at radius 1 is 0.490 bits per heavy atom. The van der Waals surface area contributed by atoms with Crippen molar-refractivity contribution in [3.05, 3.63) is 118 Å². The first-order valence-electron chi connectivity index (χ1n) is 18.8. The van der Waals surface area contributed by atoms with E-state index in [0.717, 1.165) is 43.7 Å². The predicted molar refractivity (Wildman–Crippen MR) is 207 cm³/mol. The molecule has 0 aromatic heterocycles. The molecular formula is C43H50N6. The summed E-state index contributed by atoms with van der Waals surface area (Å²) in [6.07, 6.45) is 17.2. The summed E-state index contributed by atoms with van der Waals surface area (Å²) in [6.45, 7) is 6.60. The number of hydrogen-bond acceptors (Lipinski definition) is 6. The minimum absolute atomic E-state index is 0.885. The fourth-order valence-electron chi connectivity index (χ4n) is 8.49. The molecule has 0 N–H and O–H groups in total. The SMILES string of the molecule is C(=NN(CCCCCN(N=Cc1cc2c3c(c1)CCCN3CCC2)c1ccccc1)c1ccccc1)c1cc2c3c(c1)CCCN3CCC2. The van der Waals surface area contributed by atoms with E-state index in [9.17, 15) is 0 Å². The lowest BCUT2D eigenvalue weighted by atomic mass is 9.90. The van der Waals surface area contributed by atoms with Crippen LogP contribution in [0, 0.1) is 0 Å². The van der Waals surface area contributed by atoms with Gasteiger partial charge in [-0.2, -0.15) is 10.2 Å². The van der Waals surface area contributed by atoms with Crippen molar-refractivity contribution in [2.24, 2.45) is 10.2 Å². The van der Waals surface area contributed by atoms with E-state index in [1.165, 1.54) is 122 Å². The Kier molecular flexibility index (Phi) is 9.63. The molecule has 4 aliphatic heterocycles. The summed E-state index contributed by atoms with van der Waals surface area (Å²) in [4.78, 5) is 5.21. The molecule has 0 fully saturated rings. The first kappa shape index (κ1) is 31.7. The number of hydrogen-bond donors (Lipinski definition) is 0. The van der Waals surface area contributed by atoms with E-state index < -0.39 is 0 Å². The summed E-state index contributed by atoms with van der Waals surface area (Å²) in [5.74, 6) is 0. The molecule has 8 rings (SSSR count). The minimum atomic E-state index is 0.885. The molecule has 0 saturated carbocycles. The van der Waals surface area contributed by atoms with Crippen LogP contribution in [-0.4, -0.2) is 51.7 Å². The van der Waals surface area contributed by atoms with Crippen molar-refractivity contribution in [2.75, 3.05) is 59.1 Å². The Morgan fingerprint density at radius 2 is 0.857 bits per heavy atom. The highest BCUT2D eigenvalue weighted by atomic mass is 15.5. The van der Waals surface area contributed by atoms with Crippen molar-refractivity contribution in [1.82, 2.24) is 0 Å². The molecule has 0 amide bonds. The van der Waals surface area contributed by atoms with Crippen LogP contribution in [0.3, 0.4) is 0 Å². The number of aryl methyl sites for hydroxylation is 4. The molecule has 0 radical (unpaired) electrons. The van der Waals surface area contributed by atoms with Gasteiger partial charge in [-0.05, 0) is 153 Å². The van der Waals surface area contributed by atoms with Gasteiger partial charge in [0.2, 0.25) is 0 Å². The highest BCUT2D eigenvalue weighted by molar-refractivity contribution is 5.84. The predicted octanol–water partition coefficient (Wildman–Crippen LogP) is 8.64. The summed E-state index contributed by atoms with van der Waals surface area (Å²) < 4.78 is 0. The standard InChI is InChI=1S/C43H50N6/c1-4-18-40(19-5-1)48(44-32-34-28-36-14-10-22-46-23-11-15-37(29-34)42(36)46)26-8-3-9-27-49(41-20-6-2-7-21-41)45-33-35-30-38-16-12-24-47-25-13-17-39(31-35)43(38)47/h1-2,4-7,18-21,28-33H,3,8-17,22-27H2. The Morgan fingerprint density at radius 3 is 1.22 bits per heavy atom. The molecule has 6 nitrogen and oxygen atoms in total. The first-order valence-corrected chi connectivity index (χ1v) is 18.8. The van der Waals surface area contributed by atoms with Crippen molar-refractivity contribution < 1.29 is 0 Å². The average Bonchev–Trinajstić information content (AvgIpc) is 3.15. The molecule has 49 heavy (non-hydrogen) atoms. The number of rotatable bonds is 12. The minimum Gasteiger partial charge on any atom is -0.371 e. The van der Waals surface area contributed by atoms with Gasteiger partial charge in [0.05, 0.1) is 23.8 Å². The van der Waals surface area contributed by atoms with Gasteiger partial charge in [-0.15, -0.1) is 0 Å². The summed E-state index contributed by atoms with van der Waals surface area (Å²) in [6, 6.07) is 30.8. The third-order valence-electron chi connectivity index (χ3n) is 10.7. The molecule has 6 heteroatoms. The summed E-state index contributed by atoms with van der Waals surface area (Å²) in [5, 5.41) is 14.5. The monoisotopic (exact) mass is 650 g/mol. The molecule has 0 aliphatic carbocycles. The fraction of sp³-hybridized carbons (Fsp3) is 0.395. The van der Waals surface area contributed by atoms with Gasteiger partial charge in [0.25, 0.3) is 0 Å². The van der Waals surface area contributed by atoms with Crippen LogP contribution in [0.4, 0.5) is 22.7 Å². The number of para-hydroxylation sites is 2. The molecule has 4 heterocycles. The Bertz CT molecular complexity index is 1590. The van der Waals surface area contributed by atoms with E-state index in [2.05, 4.69) is 117 Å². The third kappa shape index (κ3) is 7.24. The molecule has 0 saturated heterocycles. The normalized spacial score (nSPS) is 16.6. The van der Waals surface area contributed by atoms with Crippen LogP contribution < -0.4 is 19.8 Å². The van der Waals surface area contributed by atoms with Crippen LogP contribution in [0.25, 0.3) is 0 Å². The largest absolute Gasteiger partial charge is 0.371 e. The molecule has 4 aromatic carbocycles. The summed E-state index contributed by atoms with van der Waals surface area (Å²) in [7, 11) is 0. The quantitative estimate of drug-likeness (QED) is 0.0874. The molecule has 4 aromatic rings. The molecule has 0 bridgehead atoms. The molecule has 0 atom stereocenters. The highest BCUT2D eigenvalue weighted by Gasteiger charge is 2.25. The molecular weight excluding hydrogens is 601 g/mol. The number of benzene rings is 4. The second-order valence-corrected chi connectivity index (χ2v) is 14.2. The van der Waals surface area contributed by atoms with Gasteiger partial charge in [0, 0.05) is 50.6 Å². The lowest BCUT2D eigenvalue weighted by Gasteiger charge is -2.37. The summed E-state index contributed by atoms with van der Waals surface area (Å²) >= 11 is 0. The number of unbranched alkanes of at least 4 members (excludes halogenated alkanes) is 2. The second-order valence-electron chi connectivity index (χ2n) is 14.2. The van der Waals surface area contributed by atoms with Gasteiger partial charge in [0.1, 0.15) is 0 Å². The van der Waals surface area contributed by atoms with E-state index >= 15 is 0 Å². The van der Waals surface area contributed by atoms with Crippen LogP contribution in [0.5, 0.6) is 0 Å². The number of nitrogens with zero attached hydrogens (tertiary/aromatic N) is 6. The van der Waals surface area contributed by atoms with Gasteiger partial charge < -0.3 is 9.80 Å². The van der Waals surface area contributed by atoms with Crippen molar-refractivity contribution in [1.29, 1.82) is 0 Å². The fourth-order valence-corrected chi connectivity index (χ4v) is 8.49. The summed E-state index contributed by atoms with van der Waals surface area (Å²) in [5.41, 5.74) is 13.8. The van der Waals surface area contributed by atoms with E-state index in [1.54, 1.807) is 0 Å². The van der Waals surface area contributed by atoms with Crippen LogP contribution in [-0.2, 0) is 25.7 Å². The topological polar surface area (TPSA) is 37.7 Å². The van der Waals surface area contributed by atoms with E-state index in [0.29, 0.717) is 0 Å². The van der Waals surface area contributed by atoms with E-state index in [-0.39, 0.29) is 0 Å². The Balaban J connectivity index is 0.925. The van der Waals surface area contributed by atoms with Crippen molar-refractivity contribution in [3.8, 4) is 0 Å². The average molecular weight is 651 g/mol. The van der Waals surface area contributed by atoms with Crippen molar-refractivity contribution in [3.63, 3.8) is 0 Å². The van der Waals surface area contributed by atoms with Crippen molar-refractivity contribution in [2.45, 2.75) is 70.6 Å². The zero-order valence-corrected chi connectivity index (χ0v) is 28.9. The third-order valence-corrected chi connectivity index (χ3v) is 10.7. The lowest BCUT2D eigenvalue weighted by molar-refractivity contribution is 0.634. The lowest BCUT2D eigenvalue weighted by Crippen LogP contribution is -2.34.